The molecule has 0 aliphatic rings. The number of hydrogen-bond donors (Lipinski definition) is 2. The molecule has 0 atom stereocenters. The third-order valence-electron chi connectivity index (χ3n) is 4.56. The maximum absolute atomic E-state index is 13.1. The number of para-hydroxylation sites is 1. The number of fused-ring (bicyclic) bond motifs is 1. The molecule has 0 bridgehead atoms. The van der Waals surface area contributed by atoms with Crippen LogP contribution >= 0.6 is 0 Å². The van der Waals surface area contributed by atoms with Crippen LogP contribution in [0.2, 0.25) is 0 Å². The van der Waals surface area contributed by atoms with E-state index in [1.807, 2.05) is 32.4 Å². The molecule has 0 aliphatic carbocycles. The molecule has 146 valence electrons. The highest BCUT2D eigenvalue weighted by Gasteiger charge is 2.20. The van der Waals surface area contributed by atoms with Crippen molar-refractivity contribution in [3.05, 3.63) is 53.3 Å². The van der Waals surface area contributed by atoms with Gasteiger partial charge in [0.05, 0.1) is 28.4 Å². The van der Waals surface area contributed by atoms with E-state index in [1.54, 1.807) is 43.6 Å². The molecular weight excluding hydrogens is 354 g/mol. The number of carbonyl (C=O) groups excluding carboxylic acids is 2. The largest absolute Gasteiger partial charge is 0.355 e. The van der Waals surface area contributed by atoms with Gasteiger partial charge in [0.25, 0.3) is 11.8 Å². The SMILES string of the molecule is CNC(=O)c1ccccc1NC(=O)c1cc(C(C)C)nc2c1cnn2C(C)C. The number of carbonyl (C=O) groups is 2. The minimum Gasteiger partial charge on any atom is -0.355 e. The maximum Gasteiger partial charge on any atom is 0.256 e. The van der Waals surface area contributed by atoms with E-state index in [1.165, 1.54) is 0 Å². The van der Waals surface area contributed by atoms with Gasteiger partial charge in [0.15, 0.2) is 5.65 Å². The number of pyridine rings is 1. The van der Waals surface area contributed by atoms with Crippen LogP contribution in [0.5, 0.6) is 0 Å². The molecule has 0 spiro atoms. The van der Waals surface area contributed by atoms with Crippen molar-refractivity contribution in [1.82, 2.24) is 20.1 Å². The second kappa shape index (κ2) is 7.80. The van der Waals surface area contributed by atoms with Crippen molar-refractivity contribution < 1.29 is 9.59 Å². The summed E-state index contributed by atoms with van der Waals surface area (Å²) in [7, 11) is 1.56. The van der Waals surface area contributed by atoms with Crippen molar-refractivity contribution in [3.63, 3.8) is 0 Å². The van der Waals surface area contributed by atoms with E-state index in [4.69, 9.17) is 4.98 Å². The topological polar surface area (TPSA) is 88.9 Å². The van der Waals surface area contributed by atoms with E-state index < -0.39 is 0 Å². The van der Waals surface area contributed by atoms with E-state index in [0.717, 1.165) is 5.69 Å². The summed E-state index contributed by atoms with van der Waals surface area (Å²) in [4.78, 5) is 30.0. The van der Waals surface area contributed by atoms with E-state index in [-0.39, 0.29) is 23.8 Å². The standard InChI is InChI=1S/C21H25N5O2/c1-12(2)18-10-15(16-11-23-26(13(3)4)19(16)24-18)21(28)25-17-9-7-6-8-14(17)20(27)22-5/h6-13H,1-5H3,(H,22,27)(H,25,28). The van der Waals surface area contributed by atoms with Crippen molar-refractivity contribution in [3.8, 4) is 0 Å². The number of benzene rings is 1. The molecule has 3 aromatic rings. The number of anilines is 1. The summed E-state index contributed by atoms with van der Waals surface area (Å²) in [6.07, 6.45) is 1.67. The predicted molar refractivity (Wildman–Crippen MR) is 110 cm³/mol. The number of aromatic nitrogens is 3. The number of amides is 2. The molecule has 1 aromatic carbocycles. The molecule has 2 amide bonds. The van der Waals surface area contributed by atoms with E-state index in [0.29, 0.717) is 27.8 Å². The first-order valence-electron chi connectivity index (χ1n) is 9.34. The molecule has 0 unspecified atom stereocenters. The smallest absolute Gasteiger partial charge is 0.256 e. The summed E-state index contributed by atoms with van der Waals surface area (Å²) in [6.45, 7) is 8.12. The average molecular weight is 379 g/mol. The van der Waals surface area contributed by atoms with Gasteiger partial charge in [0, 0.05) is 18.8 Å². The van der Waals surface area contributed by atoms with Gasteiger partial charge in [-0.25, -0.2) is 9.67 Å². The average Bonchev–Trinajstić information content (AvgIpc) is 3.11. The maximum atomic E-state index is 13.1. The molecule has 2 heterocycles. The van der Waals surface area contributed by atoms with Gasteiger partial charge in [-0.1, -0.05) is 26.0 Å². The summed E-state index contributed by atoms with van der Waals surface area (Å²) in [5.74, 6) is -0.398. The third-order valence-corrected chi connectivity index (χ3v) is 4.56. The Morgan fingerprint density at radius 2 is 1.75 bits per heavy atom. The molecule has 28 heavy (non-hydrogen) atoms. The number of nitrogens with one attached hydrogen (secondary N) is 2. The molecule has 0 saturated carbocycles. The number of rotatable bonds is 5. The Balaban J connectivity index is 2.09. The minimum absolute atomic E-state index is 0.122. The van der Waals surface area contributed by atoms with Crippen molar-refractivity contribution >= 4 is 28.5 Å². The predicted octanol–water partition coefficient (Wildman–Crippen LogP) is 3.75. The second-order valence-corrected chi connectivity index (χ2v) is 7.25. The number of nitrogens with zero attached hydrogens (tertiary/aromatic N) is 3. The molecule has 7 heteroatoms. The van der Waals surface area contributed by atoms with Gasteiger partial charge in [0.1, 0.15) is 0 Å². The van der Waals surface area contributed by atoms with Crippen LogP contribution in [0.15, 0.2) is 36.5 Å². The first-order valence-corrected chi connectivity index (χ1v) is 9.34. The Bertz CT molecular complexity index is 1040. The minimum atomic E-state index is -0.297. The molecule has 3 rings (SSSR count). The van der Waals surface area contributed by atoms with E-state index in [9.17, 15) is 9.59 Å². The summed E-state index contributed by atoms with van der Waals surface area (Å²) in [5, 5.41) is 10.6. The van der Waals surface area contributed by atoms with Gasteiger partial charge in [-0.2, -0.15) is 5.10 Å². The van der Waals surface area contributed by atoms with Crippen molar-refractivity contribution in [1.29, 1.82) is 0 Å². The second-order valence-electron chi connectivity index (χ2n) is 7.25. The summed E-state index contributed by atoms with van der Waals surface area (Å²) < 4.78 is 1.82. The van der Waals surface area contributed by atoms with Crippen LogP contribution in [0.4, 0.5) is 5.69 Å². The summed E-state index contributed by atoms with van der Waals surface area (Å²) in [5.41, 5.74) is 2.86. The summed E-state index contributed by atoms with van der Waals surface area (Å²) >= 11 is 0. The van der Waals surface area contributed by atoms with Crippen molar-refractivity contribution in [2.45, 2.75) is 39.7 Å². The zero-order chi connectivity index (χ0) is 20.4. The Morgan fingerprint density at radius 1 is 1.04 bits per heavy atom. The van der Waals surface area contributed by atoms with Gasteiger partial charge in [0.2, 0.25) is 0 Å². The lowest BCUT2D eigenvalue weighted by Gasteiger charge is -2.13. The third kappa shape index (κ3) is 3.60. The van der Waals surface area contributed by atoms with Gasteiger partial charge >= 0.3 is 0 Å². The molecule has 0 saturated heterocycles. The molecule has 2 N–H and O–H groups in total. The Morgan fingerprint density at radius 3 is 2.39 bits per heavy atom. The lowest BCUT2D eigenvalue weighted by molar-refractivity contribution is 0.0964. The van der Waals surface area contributed by atoms with Crippen LogP contribution in [-0.4, -0.2) is 33.6 Å². The lowest BCUT2D eigenvalue weighted by atomic mass is 10.0. The first-order chi connectivity index (χ1) is 13.3. The number of hydrogen-bond acceptors (Lipinski definition) is 4. The van der Waals surface area contributed by atoms with Gasteiger partial charge in [-0.3, -0.25) is 9.59 Å². The highest BCUT2D eigenvalue weighted by molar-refractivity contribution is 6.14. The van der Waals surface area contributed by atoms with Gasteiger partial charge < -0.3 is 10.6 Å². The van der Waals surface area contributed by atoms with E-state index in [2.05, 4.69) is 15.7 Å². The fourth-order valence-corrected chi connectivity index (χ4v) is 3.01. The van der Waals surface area contributed by atoms with Crippen molar-refractivity contribution in [2.75, 3.05) is 12.4 Å². The van der Waals surface area contributed by atoms with Crippen LogP contribution in [0, 0.1) is 0 Å². The van der Waals surface area contributed by atoms with E-state index >= 15 is 0 Å². The van der Waals surface area contributed by atoms with Crippen LogP contribution in [0.25, 0.3) is 11.0 Å². The zero-order valence-corrected chi connectivity index (χ0v) is 16.8. The van der Waals surface area contributed by atoms with Gasteiger partial charge in [-0.05, 0) is 38.0 Å². The molecular formula is C21H25N5O2. The molecule has 2 aromatic heterocycles. The highest BCUT2D eigenvalue weighted by atomic mass is 16.2. The lowest BCUT2D eigenvalue weighted by Crippen LogP contribution is -2.21. The summed E-state index contributed by atoms with van der Waals surface area (Å²) in [6, 6.07) is 8.85. The van der Waals surface area contributed by atoms with Crippen LogP contribution < -0.4 is 10.6 Å². The molecule has 0 aliphatic heterocycles. The zero-order valence-electron chi connectivity index (χ0n) is 16.8. The van der Waals surface area contributed by atoms with Crippen LogP contribution in [0.1, 0.15) is 66.1 Å². The van der Waals surface area contributed by atoms with Crippen molar-refractivity contribution in [2.24, 2.45) is 0 Å². The Labute approximate surface area is 164 Å². The fourth-order valence-electron chi connectivity index (χ4n) is 3.01. The molecule has 7 nitrogen and oxygen atoms in total. The normalized spacial score (nSPS) is 11.2. The first kappa shape index (κ1) is 19.5. The fraction of sp³-hybridized carbons (Fsp3) is 0.333. The van der Waals surface area contributed by atoms with Crippen LogP contribution in [-0.2, 0) is 0 Å². The monoisotopic (exact) mass is 379 g/mol. The van der Waals surface area contributed by atoms with Crippen LogP contribution in [0.3, 0.4) is 0 Å². The molecule has 0 fully saturated rings. The quantitative estimate of drug-likeness (QED) is 0.707. The highest BCUT2D eigenvalue weighted by Crippen LogP contribution is 2.25. The van der Waals surface area contributed by atoms with Gasteiger partial charge in [-0.15, -0.1) is 0 Å². The Kier molecular flexibility index (Phi) is 5.44. The molecule has 0 radical (unpaired) electrons. The Hall–Kier alpha value is -3.22.